The summed E-state index contributed by atoms with van der Waals surface area (Å²) in [7, 11) is 0. The van der Waals surface area contributed by atoms with Gasteiger partial charge in [0, 0.05) is 5.33 Å². The van der Waals surface area contributed by atoms with E-state index in [1.165, 1.54) is 82.1 Å². The molecule has 228 valence electrons. The van der Waals surface area contributed by atoms with E-state index in [-0.39, 0.29) is 12.2 Å². The maximum Gasteiger partial charge on any atom is 0.343 e. The number of ether oxygens (including phenoxy) is 3. The molecule has 0 fully saturated rings. The van der Waals surface area contributed by atoms with E-state index in [4.69, 9.17) is 14.2 Å². The van der Waals surface area contributed by atoms with Crippen LogP contribution in [0.3, 0.4) is 0 Å². The van der Waals surface area contributed by atoms with Crippen LogP contribution in [0.25, 0.3) is 0 Å². The van der Waals surface area contributed by atoms with Gasteiger partial charge in [0.15, 0.2) is 0 Å². The molecule has 41 heavy (non-hydrogen) atoms. The van der Waals surface area contributed by atoms with Crippen LogP contribution in [0.4, 0.5) is 4.39 Å². The van der Waals surface area contributed by atoms with Crippen molar-refractivity contribution in [2.75, 3.05) is 18.5 Å². The van der Waals surface area contributed by atoms with Gasteiger partial charge in [-0.3, -0.25) is 0 Å². The minimum Gasteiger partial charge on any atom is -0.494 e. The summed E-state index contributed by atoms with van der Waals surface area (Å²) in [6.45, 7) is 2.52. The Morgan fingerprint density at radius 3 is 1.78 bits per heavy atom. The van der Waals surface area contributed by atoms with Gasteiger partial charge in [-0.25, -0.2) is 14.0 Å². The molecule has 0 spiro atoms. The largest absolute Gasteiger partial charge is 0.494 e. The molecular weight excluding hydrogens is 587 g/mol. The molecule has 0 amide bonds. The Hall–Kier alpha value is -2.41. The molecule has 0 heterocycles. The lowest BCUT2D eigenvalue weighted by atomic mass is 10.1. The van der Waals surface area contributed by atoms with Crippen molar-refractivity contribution in [1.29, 1.82) is 0 Å². The zero-order valence-electron chi connectivity index (χ0n) is 24.7. The van der Waals surface area contributed by atoms with E-state index in [0.29, 0.717) is 24.3 Å². The SMILES string of the molecule is CCCCCCC(F)COC(=O)c1ccc(OC(=O)c2ccc(OCCCCCCCCCCCCBr)cc2)cc1. The fourth-order valence-corrected chi connectivity index (χ4v) is 4.83. The summed E-state index contributed by atoms with van der Waals surface area (Å²) in [6, 6.07) is 13.0. The molecule has 2 aromatic rings. The minimum atomic E-state index is -1.16. The van der Waals surface area contributed by atoms with Crippen molar-refractivity contribution < 1.29 is 28.2 Å². The van der Waals surface area contributed by atoms with Crippen molar-refractivity contribution >= 4 is 27.9 Å². The van der Waals surface area contributed by atoms with Crippen molar-refractivity contribution in [2.24, 2.45) is 0 Å². The van der Waals surface area contributed by atoms with Crippen molar-refractivity contribution in [2.45, 2.75) is 109 Å². The molecule has 0 aliphatic rings. The molecule has 0 aromatic heterocycles. The normalized spacial score (nSPS) is 11.7. The molecular formula is C34H48BrFO5. The van der Waals surface area contributed by atoms with Gasteiger partial charge in [0.2, 0.25) is 0 Å². The van der Waals surface area contributed by atoms with Crippen LogP contribution in [0.15, 0.2) is 48.5 Å². The van der Waals surface area contributed by atoms with Crippen LogP contribution in [-0.2, 0) is 4.74 Å². The van der Waals surface area contributed by atoms with Gasteiger partial charge < -0.3 is 14.2 Å². The fourth-order valence-electron chi connectivity index (χ4n) is 4.44. The molecule has 0 bridgehead atoms. The lowest BCUT2D eigenvalue weighted by Crippen LogP contribution is -2.15. The standard InChI is InChI=1S/C34H48BrFO5/c1-2-3-4-13-16-30(36)27-40-33(37)28-19-23-32(24-20-28)41-34(38)29-17-21-31(22-18-29)39-26-15-12-10-8-6-5-7-9-11-14-25-35/h17-24,30H,2-16,25-27H2,1H3. The van der Waals surface area contributed by atoms with E-state index in [2.05, 4.69) is 22.9 Å². The topological polar surface area (TPSA) is 61.8 Å². The highest BCUT2D eigenvalue weighted by molar-refractivity contribution is 9.09. The van der Waals surface area contributed by atoms with E-state index in [0.717, 1.165) is 43.2 Å². The zero-order chi connectivity index (χ0) is 29.5. The van der Waals surface area contributed by atoms with Gasteiger partial charge in [-0.1, -0.05) is 99.9 Å². The quantitative estimate of drug-likeness (QED) is 0.0526. The van der Waals surface area contributed by atoms with Crippen LogP contribution < -0.4 is 9.47 Å². The molecule has 2 rings (SSSR count). The van der Waals surface area contributed by atoms with Crippen LogP contribution >= 0.6 is 15.9 Å². The third kappa shape index (κ3) is 16.0. The second-order valence-corrected chi connectivity index (χ2v) is 11.3. The number of halogens is 2. The minimum absolute atomic E-state index is 0.250. The third-order valence-electron chi connectivity index (χ3n) is 6.95. The summed E-state index contributed by atoms with van der Waals surface area (Å²) >= 11 is 3.48. The van der Waals surface area contributed by atoms with Gasteiger partial charge in [-0.2, -0.15) is 0 Å². The van der Waals surface area contributed by atoms with Crippen LogP contribution in [0.5, 0.6) is 11.5 Å². The van der Waals surface area contributed by atoms with Gasteiger partial charge in [-0.05, 0) is 67.8 Å². The fraction of sp³-hybridized carbons (Fsp3) is 0.588. The van der Waals surface area contributed by atoms with Crippen LogP contribution in [0.1, 0.15) is 124 Å². The predicted molar refractivity (Wildman–Crippen MR) is 167 cm³/mol. The van der Waals surface area contributed by atoms with Crippen molar-refractivity contribution in [3.05, 3.63) is 59.7 Å². The molecule has 0 saturated heterocycles. The Labute approximate surface area is 254 Å². The zero-order valence-corrected chi connectivity index (χ0v) is 26.3. The van der Waals surface area contributed by atoms with E-state index in [1.807, 2.05) is 0 Å². The van der Waals surface area contributed by atoms with Gasteiger partial charge in [0.25, 0.3) is 0 Å². The highest BCUT2D eigenvalue weighted by Crippen LogP contribution is 2.18. The number of carbonyl (C=O) groups is 2. The van der Waals surface area contributed by atoms with Crippen LogP contribution in [-0.4, -0.2) is 36.7 Å². The number of carbonyl (C=O) groups excluding carboxylic acids is 2. The monoisotopic (exact) mass is 634 g/mol. The summed E-state index contributed by atoms with van der Waals surface area (Å²) in [6.07, 6.45) is 15.9. The van der Waals surface area contributed by atoms with E-state index in [1.54, 1.807) is 24.3 Å². The first-order valence-electron chi connectivity index (χ1n) is 15.5. The Morgan fingerprint density at radius 2 is 1.20 bits per heavy atom. The molecule has 0 aliphatic heterocycles. The predicted octanol–water partition coefficient (Wildman–Crippen LogP) is 10.0. The summed E-state index contributed by atoms with van der Waals surface area (Å²) < 4.78 is 30.3. The summed E-state index contributed by atoms with van der Waals surface area (Å²) in [5.41, 5.74) is 0.682. The summed E-state index contributed by atoms with van der Waals surface area (Å²) in [4.78, 5) is 24.7. The number of alkyl halides is 2. The highest BCUT2D eigenvalue weighted by Gasteiger charge is 2.14. The highest BCUT2D eigenvalue weighted by atomic mass is 79.9. The molecule has 2 aromatic carbocycles. The molecule has 5 nitrogen and oxygen atoms in total. The average molecular weight is 636 g/mol. The van der Waals surface area contributed by atoms with Crippen LogP contribution in [0, 0.1) is 0 Å². The first-order valence-corrected chi connectivity index (χ1v) is 16.6. The van der Waals surface area contributed by atoms with Gasteiger partial charge >= 0.3 is 11.9 Å². The first kappa shape index (κ1) is 34.8. The van der Waals surface area contributed by atoms with E-state index >= 15 is 0 Å². The lowest BCUT2D eigenvalue weighted by molar-refractivity contribution is 0.0389. The maximum atomic E-state index is 13.9. The molecule has 0 saturated carbocycles. The molecule has 0 N–H and O–H groups in total. The number of hydrogen-bond acceptors (Lipinski definition) is 5. The van der Waals surface area contributed by atoms with Gasteiger partial charge in [0.1, 0.15) is 24.3 Å². The Kier molecular flexibility index (Phi) is 18.9. The van der Waals surface area contributed by atoms with E-state index < -0.39 is 18.1 Å². The number of benzene rings is 2. The average Bonchev–Trinajstić information content (AvgIpc) is 2.99. The molecule has 7 heteroatoms. The van der Waals surface area contributed by atoms with Gasteiger partial charge in [0.05, 0.1) is 17.7 Å². The third-order valence-corrected chi connectivity index (χ3v) is 7.51. The Bertz CT molecular complexity index is 964. The molecule has 1 atom stereocenters. The van der Waals surface area contributed by atoms with Crippen molar-refractivity contribution in [1.82, 2.24) is 0 Å². The molecule has 1 unspecified atom stereocenters. The lowest BCUT2D eigenvalue weighted by Gasteiger charge is -2.10. The smallest absolute Gasteiger partial charge is 0.343 e. The second-order valence-electron chi connectivity index (χ2n) is 10.6. The first-order chi connectivity index (χ1) is 20.0. The van der Waals surface area contributed by atoms with Crippen molar-refractivity contribution in [3.63, 3.8) is 0 Å². The van der Waals surface area contributed by atoms with Crippen molar-refractivity contribution in [3.8, 4) is 11.5 Å². The maximum absolute atomic E-state index is 13.9. The van der Waals surface area contributed by atoms with E-state index in [9.17, 15) is 14.0 Å². The second kappa shape index (κ2) is 22.2. The molecule has 0 aliphatic carbocycles. The molecule has 0 radical (unpaired) electrons. The Balaban J connectivity index is 1.61. The van der Waals surface area contributed by atoms with Crippen LogP contribution in [0.2, 0.25) is 0 Å². The summed E-state index contributed by atoms with van der Waals surface area (Å²) in [5, 5.41) is 1.12. The number of esters is 2. The summed E-state index contributed by atoms with van der Waals surface area (Å²) in [5.74, 6) is -0.0647. The number of unbranched alkanes of at least 4 members (excludes halogenated alkanes) is 12. The number of hydrogen-bond donors (Lipinski definition) is 0. The Morgan fingerprint density at radius 1 is 0.683 bits per heavy atom. The van der Waals surface area contributed by atoms with Gasteiger partial charge in [-0.15, -0.1) is 0 Å². The number of rotatable bonds is 23.